The molecule has 20 heavy (non-hydrogen) atoms. The maximum absolute atomic E-state index is 13.1. The minimum atomic E-state index is -0.573. The molecule has 0 saturated heterocycles. The first kappa shape index (κ1) is 16.1. The molecule has 0 aliphatic heterocycles. The quantitative estimate of drug-likeness (QED) is 0.769. The van der Waals surface area contributed by atoms with Crippen molar-refractivity contribution in [3.05, 3.63) is 35.6 Å². The molecule has 3 amide bonds. The molecular formula is C14H20FN3O2. The van der Waals surface area contributed by atoms with E-state index in [4.69, 9.17) is 0 Å². The molecule has 0 radical (unpaired) electrons. The Bertz CT molecular complexity index is 479. The topological polar surface area (TPSA) is 70.2 Å². The summed E-state index contributed by atoms with van der Waals surface area (Å²) in [5.74, 6) is -0.755. The predicted molar refractivity (Wildman–Crippen MR) is 74.6 cm³/mol. The van der Waals surface area contributed by atoms with E-state index in [1.54, 1.807) is 26.0 Å². The number of hydrogen-bond donors (Lipinski definition) is 3. The number of urea groups is 1. The monoisotopic (exact) mass is 281 g/mol. The lowest BCUT2D eigenvalue weighted by Crippen LogP contribution is -2.48. The van der Waals surface area contributed by atoms with Gasteiger partial charge in [0.25, 0.3) is 0 Å². The van der Waals surface area contributed by atoms with Crippen LogP contribution in [0.4, 0.5) is 9.18 Å². The van der Waals surface area contributed by atoms with Gasteiger partial charge in [-0.3, -0.25) is 15.4 Å². The standard InChI is InChI=1S/C14H20FN3O2/c1-4-16-14(20)18-13(19)10(3)17-9(2)11-6-5-7-12(15)8-11/h5-10,17H,4H2,1-3H3,(H2,16,18,19,20). The normalized spacial score (nSPS) is 13.4. The highest BCUT2D eigenvalue weighted by molar-refractivity contribution is 5.96. The summed E-state index contributed by atoms with van der Waals surface area (Å²) in [6.07, 6.45) is 0. The highest BCUT2D eigenvalue weighted by Crippen LogP contribution is 2.14. The number of imide groups is 1. The minimum absolute atomic E-state index is 0.208. The van der Waals surface area contributed by atoms with E-state index in [2.05, 4.69) is 16.0 Å². The fourth-order valence-electron chi connectivity index (χ4n) is 1.75. The van der Waals surface area contributed by atoms with Crippen LogP contribution in [-0.4, -0.2) is 24.5 Å². The third-order valence-electron chi connectivity index (χ3n) is 2.82. The Morgan fingerprint density at radius 1 is 1.30 bits per heavy atom. The average Bonchev–Trinajstić information content (AvgIpc) is 2.38. The van der Waals surface area contributed by atoms with Crippen LogP contribution in [0.15, 0.2) is 24.3 Å². The van der Waals surface area contributed by atoms with Gasteiger partial charge >= 0.3 is 6.03 Å². The molecule has 5 nitrogen and oxygen atoms in total. The van der Waals surface area contributed by atoms with Crippen LogP contribution in [0.3, 0.4) is 0 Å². The number of carbonyl (C=O) groups is 2. The second kappa shape index (κ2) is 7.59. The predicted octanol–water partition coefficient (Wildman–Crippen LogP) is 1.71. The summed E-state index contributed by atoms with van der Waals surface area (Å²) in [5, 5.41) is 7.71. The molecule has 0 aliphatic rings. The third kappa shape index (κ3) is 4.97. The molecule has 2 atom stereocenters. The van der Waals surface area contributed by atoms with Crippen molar-refractivity contribution in [2.75, 3.05) is 6.54 Å². The van der Waals surface area contributed by atoms with E-state index >= 15 is 0 Å². The second-order valence-corrected chi connectivity index (χ2v) is 4.51. The zero-order valence-corrected chi connectivity index (χ0v) is 11.9. The number of carbonyl (C=O) groups excluding carboxylic acids is 2. The second-order valence-electron chi connectivity index (χ2n) is 4.51. The van der Waals surface area contributed by atoms with Crippen molar-refractivity contribution in [3.8, 4) is 0 Å². The molecular weight excluding hydrogens is 261 g/mol. The number of benzene rings is 1. The van der Waals surface area contributed by atoms with Gasteiger partial charge in [-0.15, -0.1) is 0 Å². The van der Waals surface area contributed by atoms with Crippen LogP contribution >= 0.6 is 0 Å². The lowest BCUT2D eigenvalue weighted by atomic mass is 10.1. The van der Waals surface area contributed by atoms with E-state index in [1.807, 2.05) is 6.92 Å². The summed E-state index contributed by atoms with van der Waals surface area (Å²) >= 11 is 0. The van der Waals surface area contributed by atoms with Gasteiger partial charge in [0.1, 0.15) is 5.82 Å². The lowest BCUT2D eigenvalue weighted by Gasteiger charge is -2.19. The van der Waals surface area contributed by atoms with Crippen LogP contribution in [0.5, 0.6) is 0 Å². The molecule has 1 rings (SSSR count). The molecule has 0 fully saturated rings. The fraction of sp³-hybridized carbons (Fsp3) is 0.429. The molecule has 1 aromatic carbocycles. The Hall–Kier alpha value is -1.95. The van der Waals surface area contributed by atoms with E-state index in [1.165, 1.54) is 12.1 Å². The molecule has 6 heteroatoms. The Balaban J connectivity index is 2.54. The molecule has 0 aromatic heterocycles. The van der Waals surface area contributed by atoms with Gasteiger partial charge in [-0.2, -0.15) is 0 Å². The molecule has 0 spiro atoms. The number of amides is 3. The largest absolute Gasteiger partial charge is 0.338 e. The van der Waals surface area contributed by atoms with E-state index in [9.17, 15) is 14.0 Å². The van der Waals surface area contributed by atoms with Gasteiger partial charge < -0.3 is 5.32 Å². The molecule has 2 unspecified atom stereocenters. The molecule has 0 heterocycles. The fourth-order valence-corrected chi connectivity index (χ4v) is 1.75. The Morgan fingerprint density at radius 3 is 2.60 bits per heavy atom. The van der Waals surface area contributed by atoms with Crippen molar-refractivity contribution < 1.29 is 14.0 Å². The zero-order chi connectivity index (χ0) is 15.1. The highest BCUT2D eigenvalue weighted by atomic mass is 19.1. The van der Waals surface area contributed by atoms with E-state index in [0.717, 1.165) is 5.56 Å². The van der Waals surface area contributed by atoms with Crippen LogP contribution in [-0.2, 0) is 4.79 Å². The van der Waals surface area contributed by atoms with Gasteiger partial charge in [-0.1, -0.05) is 12.1 Å². The van der Waals surface area contributed by atoms with Crippen molar-refractivity contribution in [2.45, 2.75) is 32.9 Å². The summed E-state index contributed by atoms with van der Waals surface area (Å²) in [7, 11) is 0. The Labute approximate surface area is 117 Å². The van der Waals surface area contributed by atoms with Gasteiger partial charge in [0.05, 0.1) is 6.04 Å². The SMILES string of the molecule is CCNC(=O)NC(=O)C(C)NC(C)c1cccc(F)c1. The van der Waals surface area contributed by atoms with Crippen molar-refractivity contribution >= 4 is 11.9 Å². The third-order valence-corrected chi connectivity index (χ3v) is 2.82. The van der Waals surface area contributed by atoms with E-state index in [-0.39, 0.29) is 11.9 Å². The summed E-state index contributed by atoms with van der Waals surface area (Å²) in [4.78, 5) is 23.0. The molecule has 1 aromatic rings. The molecule has 110 valence electrons. The molecule has 0 aliphatic carbocycles. The van der Waals surface area contributed by atoms with Gasteiger partial charge in [-0.25, -0.2) is 9.18 Å². The summed E-state index contributed by atoms with van der Waals surface area (Å²) < 4.78 is 13.1. The summed E-state index contributed by atoms with van der Waals surface area (Å²) in [5.41, 5.74) is 0.739. The number of hydrogen-bond acceptors (Lipinski definition) is 3. The Morgan fingerprint density at radius 2 is 2.00 bits per heavy atom. The first-order valence-electron chi connectivity index (χ1n) is 6.54. The van der Waals surface area contributed by atoms with Gasteiger partial charge in [0.2, 0.25) is 5.91 Å². The number of nitrogens with one attached hydrogen (secondary N) is 3. The lowest BCUT2D eigenvalue weighted by molar-refractivity contribution is -0.121. The van der Waals surface area contributed by atoms with Crippen LogP contribution in [0.25, 0.3) is 0 Å². The number of halogens is 1. The molecule has 3 N–H and O–H groups in total. The van der Waals surface area contributed by atoms with Gasteiger partial charge in [0.15, 0.2) is 0 Å². The van der Waals surface area contributed by atoms with Crippen LogP contribution < -0.4 is 16.0 Å². The minimum Gasteiger partial charge on any atom is -0.338 e. The van der Waals surface area contributed by atoms with Crippen LogP contribution in [0.1, 0.15) is 32.4 Å². The zero-order valence-electron chi connectivity index (χ0n) is 11.9. The summed E-state index contributed by atoms with van der Waals surface area (Å²) in [6.45, 7) is 5.67. The van der Waals surface area contributed by atoms with Crippen LogP contribution in [0, 0.1) is 5.82 Å². The number of rotatable bonds is 5. The van der Waals surface area contributed by atoms with E-state index < -0.39 is 18.0 Å². The van der Waals surface area contributed by atoms with Gasteiger partial charge in [0, 0.05) is 12.6 Å². The van der Waals surface area contributed by atoms with Crippen LogP contribution in [0.2, 0.25) is 0 Å². The Kier molecular flexibility index (Phi) is 6.11. The van der Waals surface area contributed by atoms with Crippen molar-refractivity contribution in [1.82, 2.24) is 16.0 Å². The van der Waals surface area contributed by atoms with Gasteiger partial charge in [-0.05, 0) is 38.5 Å². The van der Waals surface area contributed by atoms with Crippen molar-refractivity contribution in [1.29, 1.82) is 0 Å². The molecule has 0 bridgehead atoms. The van der Waals surface area contributed by atoms with E-state index in [0.29, 0.717) is 6.54 Å². The molecule has 0 saturated carbocycles. The maximum Gasteiger partial charge on any atom is 0.321 e. The summed E-state index contributed by atoms with van der Waals surface area (Å²) in [6, 6.07) is 4.85. The van der Waals surface area contributed by atoms with Crippen molar-refractivity contribution in [2.24, 2.45) is 0 Å². The smallest absolute Gasteiger partial charge is 0.321 e. The first-order valence-corrected chi connectivity index (χ1v) is 6.54. The first-order chi connectivity index (χ1) is 9.43. The highest BCUT2D eigenvalue weighted by Gasteiger charge is 2.18. The maximum atomic E-state index is 13.1. The van der Waals surface area contributed by atoms with Crippen molar-refractivity contribution in [3.63, 3.8) is 0 Å². The average molecular weight is 281 g/mol.